The lowest BCUT2D eigenvalue weighted by molar-refractivity contribution is -0.116. The van der Waals surface area contributed by atoms with E-state index in [0.29, 0.717) is 41.7 Å². The van der Waals surface area contributed by atoms with E-state index in [-0.39, 0.29) is 12.3 Å². The monoisotopic (exact) mass is 395 g/mol. The highest BCUT2D eigenvalue weighted by Gasteiger charge is 2.12. The number of ether oxygens (including phenoxy) is 2. The van der Waals surface area contributed by atoms with Crippen molar-refractivity contribution in [1.29, 1.82) is 0 Å². The van der Waals surface area contributed by atoms with Gasteiger partial charge in [-0.3, -0.25) is 4.79 Å². The predicted molar refractivity (Wildman–Crippen MR) is 106 cm³/mol. The third kappa shape index (κ3) is 5.41. The molecule has 0 saturated carbocycles. The number of hydrogen-bond donors (Lipinski definition) is 1. The highest BCUT2D eigenvalue weighted by atomic mass is 16.5. The van der Waals surface area contributed by atoms with Crippen LogP contribution >= 0.6 is 0 Å². The molecule has 8 nitrogen and oxygen atoms in total. The minimum Gasteiger partial charge on any atom is -0.497 e. The predicted octanol–water partition coefficient (Wildman–Crippen LogP) is 3.49. The molecule has 0 atom stereocenters. The van der Waals surface area contributed by atoms with Crippen LogP contribution in [0.5, 0.6) is 5.75 Å². The number of aromatic nitrogens is 2. The molecule has 0 unspecified atom stereocenters. The van der Waals surface area contributed by atoms with E-state index in [1.807, 2.05) is 18.2 Å². The Kier molecular flexibility index (Phi) is 6.57. The van der Waals surface area contributed by atoms with E-state index in [1.165, 1.54) is 0 Å². The third-order valence-corrected chi connectivity index (χ3v) is 4.04. The van der Waals surface area contributed by atoms with Gasteiger partial charge >= 0.3 is 5.97 Å². The van der Waals surface area contributed by atoms with Crippen molar-refractivity contribution in [3.8, 4) is 17.1 Å². The fraction of sp³-hybridized carbons (Fsp3) is 0.238. The lowest BCUT2D eigenvalue weighted by Gasteiger charge is -2.06. The van der Waals surface area contributed by atoms with Gasteiger partial charge in [-0.1, -0.05) is 17.3 Å². The van der Waals surface area contributed by atoms with Gasteiger partial charge < -0.3 is 19.3 Å². The van der Waals surface area contributed by atoms with Crippen LogP contribution < -0.4 is 10.1 Å². The van der Waals surface area contributed by atoms with Crippen LogP contribution in [0.15, 0.2) is 53.1 Å². The number of hydrogen-bond acceptors (Lipinski definition) is 7. The molecule has 8 heteroatoms. The summed E-state index contributed by atoms with van der Waals surface area (Å²) in [6, 6.07) is 13.8. The average molecular weight is 395 g/mol. The highest BCUT2D eigenvalue weighted by molar-refractivity contribution is 5.93. The summed E-state index contributed by atoms with van der Waals surface area (Å²) in [6.45, 7) is 2.06. The van der Waals surface area contributed by atoms with Gasteiger partial charge in [-0.25, -0.2) is 4.79 Å². The standard InChI is InChI=1S/C21H21N3O5/c1-3-28-21(26)14-7-9-16(10-8-14)22-18(25)11-12-19-23-20(24-29-19)15-5-4-6-17(13-15)27-2/h4-10,13H,3,11-12H2,1-2H3,(H,22,25). The first-order valence-corrected chi connectivity index (χ1v) is 9.13. The van der Waals surface area contributed by atoms with Crippen molar-refractivity contribution in [3.63, 3.8) is 0 Å². The van der Waals surface area contributed by atoms with Crippen molar-refractivity contribution in [2.75, 3.05) is 19.0 Å². The number of amides is 1. The summed E-state index contributed by atoms with van der Waals surface area (Å²) in [4.78, 5) is 28.1. The van der Waals surface area contributed by atoms with Crippen LogP contribution in [0, 0.1) is 0 Å². The quantitative estimate of drug-likeness (QED) is 0.582. The average Bonchev–Trinajstić information content (AvgIpc) is 3.22. The number of carbonyl (C=O) groups is 2. The molecule has 0 aliphatic rings. The minimum absolute atomic E-state index is 0.180. The first kappa shape index (κ1) is 20.1. The van der Waals surface area contributed by atoms with E-state index in [2.05, 4.69) is 15.5 Å². The normalized spacial score (nSPS) is 10.4. The molecule has 1 heterocycles. The zero-order valence-corrected chi connectivity index (χ0v) is 16.2. The second-order valence-corrected chi connectivity index (χ2v) is 6.09. The summed E-state index contributed by atoms with van der Waals surface area (Å²) >= 11 is 0. The Morgan fingerprint density at radius 3 is 2.66 bits per heavy atom. The summed E-state index contributed by atoms with van der Waals surface area (Å²) in [5.74, 6) is 0.912. The van der Waals surface area contributed by atoms with Gasteiger partial charge in [0.05, 0.1) is 19.3 Å². The Bertz CT molecular complexity index is 982. The van der Waals surface area contributed by atoms with Crippen LogP contribution in [0.2, 0.25) is 0 Å². The smallest absolute Gasteiger partial charge is 0.338 e. The molecule has 3 rings (SSSR count). The molecule has 0 spiro atoms. The van der Waals surface area contributed by atoms with Gasteiger partial charge in [0.1, 0.15) is 5.75 Å². The molecule has 0 aliphatic heterocycles. The van der Waals surface area contributed by atoms with Gasteiger partial charge in [0.15, 0.2) is 0 Å². The second kappa shape index (κ2) is 9.50. The van der Waals surface area contributed by atoms with E-state index < -0.39 is 5.97 Å². The van der Waals surface area contributed by atoms with Crippen LogP contribution in [0.25, 0.3) is 11.4 Å². The van der Waals surface area contributed by atoms with Gasteiger partial charge in [-0.15, -0.1) is 0 Å². The maximum absolute atomic E-state index is 12.2. The van der Waals surface area contributed by atoms with Crippen LogP contribution in [0.4, 0.5) is 5.69 Å². The molecule has 1 amide bonds. The number of rotatable bonds is 8. The SMILES string of the molecule is CCOC(=O)c1ccc(NC(=O)CCc2nc(-c3cccc(OC)c3)no2)cc1. The summed E-state index contributed by atoms with van der Waals surface area (Å²) in [7, 11) is 1.59. The Morgan fingerprint density at radius 2 is 1.93 bits per heavy atom. The van der Waals surface area contributed by atoms with Gasteiger partial charge in [0, 0.05) is 24.1 Å². The lowest BCUT2D eigenvalue weighted by Crippen LogP contribution is -2.12. The molecule has 29 heavy (non-hydrogen) atoms. The Labute approximate surface area is 167 Å². The van der Waals surface area contributed by atoms with Crippen LogP contribution in [-0.2, 0) is 16.0 Å². The van der Waals surface area contributed by atoms with E-state index in [4.69, 9.17) is 14.0 Å². The summed E-state index contributed by atoms with van der Waals surface area (Å²) < 4.78 is 15.3. The number of benzene rings is 2. The topological polar surface area (TPSA) is 104 Å². The zero-order valence-electron chi connectivity index (χ0n) is 16.2. The van der Waals surface area contributed by atoms with Crippen molar-refractivity contribution in [2.45, 2.75) is 19.8 Å². The van der Waals surface area contributed by atoms with Crippen molar-refractivity contribution < 1.29 is 23.6 Å². The molecule has 150 valence electrons. The summed E-state index contributed by atoms with van der Waals surface area (Å²) in [5.41, 5.74) is 1.79. The maximum atomic E-state index is 12.2. The maximum Gasteiger partial charge on any atom is 0.338 e. The first-order valence-electron chi connectivity index (χ1n) is 9.13. The molecular formula is C21H21N3O5. The van der Waals surface area contributed by atoms with E-state index in [0.717, 1.165) is 5.56 Å². The van der Waals surface area contributed by atoms with Gasteiger partial charge in [0.2, 0.25) is 17.6 Å². The zero-order chi connectivity index (χ0) is 20.6. The number of carbonyl (C=O) groups excluding carboxylic acids is 2. The Morgan fingerprint density at radius 1 is 1.14 bits per heavy atom. The van der Waals surface area contributed by atoms with Gasteiger partial charge in [-0.05, 0) is 43.3 Å². The van der Waals surface area contributed by atoms with Crippen molar-refractivity contribution >= 4 is 17.6 Å². The van der Waals surface area contributed by atoms with Gasteiger partial charge in [-0.2, -0.15) is 4.98 Å². The number of methoxy groups -OCH3 is 1. The molecule has 0 radical (unpaired) electrons. The van der Waals surface area contributed by atoms with Gasteiger partial charge in [0.25, 0.3) is 0 Å². The molecule has 0 fully saturated rings. The van der Waals surface area contributed by atoms with Crippen LogP contribution in [0.3, 0.4) is 0 Å². The third-order valence-electron chi connectivity index (χ3n) is 4.04. The molecule has 1 aromatic heterocycles. The van der Waals surface area contributed by atoms with Crippen molar-refractivity contribution in [3.05, 3.63) is 60.0 Å². The molecule has 2 aromatic carbocycles. The number of nitrogens with zero attached hydrogens (tertiary/aromatic N) is 2. The van der Waals surface area contributed by atoms with E-state index in [9.17, 15) is 9.59 Å². The fourth-order valence-corrected chi connectivity index (χ4v) is 2.58. The number of nitrogens with one attached hydrogen (secondary N) is 1. The number of anilines is 1. The molecule has 0 bridgehead atoms. The second-order valence-electron chi connectivity index (χ2n) is 6.09. The van der Waals surface area contributed by atoms with Crippen LogP contribution in [0.1, 0.15) is 29.6 Å². The lowest BCUT2D eigenvalue weighted by atomic mass is 10.2. The molecule has 1 N–H and O–H groups in total. The highest BCUT2D eigenvalue weighted by Crippen LogP contribution is 2.21. The summed E-state index contributed by atoms with van der Waals surface area (Å²) in [5, 5.41) is 6.71. The van der Waals surface area contributed by atoms with Crippen molar-refractivity contribution in [1.82, 2.24) is 10.1 Å². The van der Waals surface area contributed by atoms with E-state index >= 15 is 0 Å². The molecular weight excluding hydrogens is 374 g/mol. The first-order chi connectivity index (χ1) is 14.1. The van der Waals surface area contributed by atoms with Crippen LogP contribution in [-0.4, -0.2) is 35.7 Å². The minimum atomic E-state index is -0.395. The largest absolute Gasteiger partial charge is 0.497 e. The molecule has 0 aliphatic carbocycles. The Hall–Kier alpha value is -3.68. The molecule has 3 aromatic rings. The van der Waals surface area contributed by atoms with E-state index in [1.54, 1.807) is 44.4 Å². The molecule has 0 saturated heterocycles. The summed E-state index contributed by atoms with van der Waals surface area (Å²) in [6.07, 6.45) is 0.489. The number of aryl methyl sites for hydroxylation is 1. The Balaban J connectivity index is 1.53. The fourth-order valence-electron chi connectivity index (χ4n) is 2.58. The number of esters is 1. The van der Waals surface area contributed by atoms with Crippen molar-refractivity contribution in [2.24, 2.45) is 0 Å².